The van der Waals surface area contributed by atoms with E-state index >= 15 is 0 Å². The summed E-state index contributed by atoms with van der Waals surface area (Å²) >= 11 is 0. The molecule has 116 valence electrons. The Balaban J connectivity index is 2.00. The second-order valence-electron chi connectivity index (χ2n) is 6.68. The number of hydrogen-bond donors (Lipinski definition) is 1. The monoisotopic (exact) mass is 301 g/mol. The molecule has 2 aliphatic rings. The quantitative estimate of drug-likeness (QED) is 0.784. The molecular formula is C15H27NO3S. The Hall–Kier alpha value is -0.390. The van der Waals surface area contributed by atoms with Crippen LogP contribution < -0.4 is 0 Å². The van der Waals surface area contributed by atoms with Gasteiger partial charge in [-0.05, 0) is 38.0 Å². The minimum atomic E-state index is -2.89. The van der Waals surface area contributed by atoms with Crippen LogP contribution in [0.5, 0.6) is 0 Å². The van der Waals surface area contributed by atoms with Crippen LogP contribution in [0.2, 0.25) is 0 Å². The van der Waals surface area contributed by atoms with Crippen LogP contribution in [0, 0.1) is 5.92 Å². The average molecular weight is 301 g/mol. The molecule has 0 bridgehead atoms. The third kappa shape index (κ3) is 4.06. The van der Waals surface area contributed by atoms with Crippen molar-refractivity contribution >= 4 is 9.84 Å². The number of hydrogen-bond acceptors (Lipinski definition) is 4. The summed E-state index contributed by atoms with van der Waals surface area (Å²) < 4.78 is 23.3. The van der Waals surface area contributed by atoms with Crippen LogP contribution in [-0.4, -0.2) is 54.7 Å². The maximum absolute atomic E-state index is 11.6. The highest BCUT2D eigenvalue weighted by Crippen LogP contribution is 2.33. The van der Waals surface area contributed by atoms with Gasteiger partial charge >= 0.3 is 0 Å². The summed E-state index contributed by atoms with van der Waals surface area (Å²) in [6.45, 7) is 7.22. The fourth-order valence-electron chi connectivity index (χ4n) is 3.41. The molecule has 4 nitrogen and oxygen atoms in total. The molecule has 20 heavy (non-hydrogen) atoms. The SMILES string of the molecule is C=CCN(CC1(O)CCC(C)CC1)C1CCS(=O)(=O)C1. The molecular weight excluding hydrogens is 274 g/mol. The van der Waals surface area contributed by atoms with Crippen LogP contribution >= 0.6 is 0 Å². The Bertz CT molecular complexity index is 438. The predicted molar refractivity (Wildman–Crippen MR) is 81.4 cm³/mol. The summed E-state index contributed by atoms with van der Waals surface area (Å²) in [6.07, 6.45) is 6.24. The van der Waals surface area contributed by atoms with Crippen molar-refractivity contribution < 1.29 is 13.5 Å². The zero-order valence-corrected chi connectivity index (χ0v) is 13.2. The van der Waals surface area contributed by atoms with Crippen molar-refractivity contribution in [2.24, 2.45) is 5.92 Å². The maximum Gasteiger partial charge on any atom is 0.151 e. The lowest BCUT2D eigenvalue weighted by molar-refractivity contribution is -0.0393. The number of sulfone groups is 1. The van der Waals surface area contributed by atoms with Gasteiger partial charge < -0.3 is 5.11 Å². The van der Waals surface area contributed by atoms with Crippen molar-refractivity contribution in [2.45, 2.75) is 50.7 Å². The van der Waals surface area contributed by atoms with E-state index in [0.717, 1.165) is 25.7 Å². The van der Waals surface area contributed by atoms with Crippen molar-refractivity contribution in [2.75, 3.05) is 24.6 Å². The van der Waals surface area contributed by atoms with E-state index in [9.17, 15) is 13.5 Å². The molecule has 0 aromatic carbocycles. The topological polar surface area (TPSA) is 57.6 Å². The second-order valence-corrected chi connectivity index (χ2v) is 8.91. The first-order valence-corrected chi connectivity index (χ1v) is 9.43. The lowest BCUT2D eigenvalue weighted by Crippen LogP contribution is -2.49. The summed E-state index contributed by atoms with van der Waals surface area (Å²) in [4.78, 5) is 2.12. The molecule has 1 heterocycles. The van der Waals surface area contributed by atoms with Gasteiger partial charge in [-0.3, -0.25) is 4.90 Å². The highest BCUT2D eigenvalue weighted by Gasteiger charge is 2.38. The van der Waals surface area contributed by atoms with Crippen molar-refractivity contribution in [1.29, 1.82) is 0 Å². The fraction of sp³-hybridized carbons (Fsp3) is 0.867. The largest absolute Gasteiger partial charge is 0.389 e. The van der Waals surface area contributed by atoms with Gasteiger partial charge in [0.25, 0.3) is 0 Å². The minimum absolute atomic E-state index is 0.0429. The van der Waals surface area contributed by atoms with Gasteiger partial charge in [-0.2, -0.15) is 0 Å². The first kappa shape index (κ1) is 16.0. The molecule has 2 fully saturated rings. The lowest BCUT2D eigenvalue weighted by atomic mass is 9.79. The molecule has 0 amide bonds. The molecule has 5 heteroatoms. The van der Waals surface area contributed by atoms with E-state index in [2.05, 4.69) is 18.4 Å². The van der Waals surface area contributed by atoms with Gasteiger partial charge in [0.15, 0.2) is 9.84 Å². The van der Waals surface area contributed by atoms with Gasteiger partial charge in [0.05, 0.1) is 17.1 Å². The smallest absolute Gasteiger partial charge is 0.151 e. The van der Waals surface area contributed by atoms with Crippen molar-refractivity contribution in [3.8, 4) is 0 Å². The zero-order valence-electron chi connectivity index (χ0n) is 12.4. The van der Waals surface area contributed by atoms with Crippen LogP contribution in [0.3, 0.4) is 0 Å². The average Bonchev–Trinajstić information content (AvgIpc) is 2.73. The van der Waals surface area contributed by atoms with Crippen LogP contribution in [0.4, 0.5) is 0 Å². The van der Waals surface area contributed by atoms with E-state index in [0.29, 0.717) is 25.4 Å². The maximum atomic E-state index is 11.6. The summed E-state index contributed by atoms with van der Waals surface area (Å²) in [7, 11) is -2.89. The van der Waals surface area contributed by atoms with E-state index in [1.54, 1.807) is 6.08 Å². The Morgan fingerprint density at radius 1 is 1.35 bits per heavy atom. The van der Waals surface area contributed by atoms with Crippen molar-refractivity contribution in [3.05, 3.63) is 12.7 Å². The molecule has 1 aliphatic heterocycles. The van der Waals surface area contributed by atoms with Gasteiger partial charge in [-0.15, -0.1) is 6.58 Å². The predicted octanol–water partition coefficient (Wildman–Crippen LogP) is 1.60. The van der Waals surface area contributed by atoms with Crippen molar-refractivity contribution in [1.82, 2.24) is 4.90 Å². The van der Waals surface area contributed by atoms with E-state index in [1.807, 2.05) is 0 Å². The molecule has 1 unspecified atom stereocenters. The fourth-order valence-corrected chi connectivity index (χ4v) is 5.17. The Morgan fingerprint density at radius 3 is 2.50 bits per heavy atom. The summed E-state index contributed by atoms with van der Waals surface area (Å²) in [5.74, 6) is 1.20. The number of nitrogens with zero attached hydrogens (tertiary/aromatic N) is 1. The van der Waals surface area contributed by atoms with Crippen LogP contribution in [0.1, 0.15) is 39.0 Å². The van der Waals surface area contributed by atoms with Gasteiger partial charge in [0.1, 0.15) is 0 Å². The van der Waals surface area contributed by atoms with Crippen LogP contribution in [0.15, 0.2) is 12.7 Å². The van der Waals surface area contributed by atoms with E-state index in [4.69, 9.17) is 0 Å². The van der Waals surface area contributed by atoms with Crippen molar-refractivity contribution in [3.63, 3.8) is 0 Å². The van der Waals surface area contributed by atoms with Crippen LogP contribution in [-0.2, 0) is 9.84 Å². The molecule has 1 saturated carbocycles. The summed E-state index contributed by atoms with van der Waals surface area (Å²) in [5.41, 5.74) is -0.651. The number of aliphatic hydroxyl groups is 1. The molecule has 2 rings (SSSR count). The van der Waals surface area contributed by atoms with Gasteiger partial charge in [-0.1, -0.05) is 13.0 Å². The molecule has 0 aromatic heterocycles. The number of rotatable bonds is 5. The van der Waals surface area contributed by atoms with E-state index in [1.165, 1.54) is 0 Å². The molecule has 1 saturated heterocycles. The zero-order chi connectivity index (χ0) is 14.8. The summed E-state index contributed by atoms with van der Waals surface area (Å²) in [5, 5.41) is 10.8. The first-order chi connectivity index (χ1) is 9.34. The highest BCUT2D eigenvalue weighted by atomic mass is 32.2. The first-order valence-electron chi connectivity index (χ1n) is 7.61. The summed E-state index contributed by atoms with van der Waals surface area (Å²) in [6, 6.07) is 0.0429. The van der Waals surface area contributed by atoms with Gasteiger partial charge in [0.2, 0.25) is 0 Å². The normalized spacial score (nSPS) is 37.1. The molecule has 1 atom stereocenters. The van der Waals surface area contributed by atoms with E-state index in [-0.39, 0.29) is 17.5 Å². The second kappa shape index (κ2) is 6.16. The molecule has 1 N–H and O–H groups in total. The standard InChI is InChI=1S/C15H27NO3S/c1-3-9-16(14-6-10-20(18,19)11-14)12-15(17)7-4-13(2)5-8-15/h3,13-14,17H,1,4-12H2,2H3. The molecule has 1 aliphatic carbocycles. The molecule has 0 radical (unpaired) electrons. The Labute approximate surface area is 122 Å². The van der Waals surface area contributed by atoms with Gasteiger partial charge in [-0.25, -0.2) is 8.42 Å². The van der Waals surface area contributed by atoms with Gasteiger partial charge in [0, 0.05) is 19.1 Å². The van der Waals surface area contributed by atoms with Crippen LogP contribution in [0.25, 0.3) is 0 Å². The highest BCUT2D eigenvalue weighted by molar-refractivity contribution is 7.91. The molecule has 0 aromatic rings. The third-order valence-electron chi connectivity index (χ3n) is 4.79. The minimum Gasteiger partial charge on any atom is -0.389 e. The molecule has 0 spiro atoms. The Kier molecular flexibility index (Phi) is 4.92. The Morgan fingerprint density at radius 2 is 2.00 bits per heavy atom. The third-order valence-corrected chi connectivity index (χ3v) is 6.54. The lowest BCUT2D eigenvalue weighted by Gasteiger charge is -2.40. The van der Waals surface area contributed by atoms with E-state index < -0.39 is 15.4 Å².